The van der Waals surface area contributed by atoms with Gasteiger partial charge in [-0.1, -0.05) is 26.8 Å². The van der Waals surface area contributed by atoms with Crippen molar-refractivity contribution in [3.8, 4) is 0 Å². The number of rotatable bonds is 6. The minimum Gasteiger partial charge on any atom is -0.313 e. The van der Waals surface area contributed by atoms with Gasteiger partial charge in [-0.05, 0) is 30.9 Å². The van der Waals surface area contributed by atoms with E-state index in [9.17, 15) is 9.59 Å². The summed E-state index contributed by atoms with van der Waals surface area (Å²) in [6.07, 6.45) is 2.85. The molecule has 1 heterocycles. The summed E-state index contributed by atoms with van der Waals surface area (Å²) in [5, 5.41) is 3.17. The summed E-state index contributed by atoms with van der Waals surface area (Å²) in [6, 6.07) is 0. The zero-order chi connectivity index (χ0) is 14.0. The maximum Gasteiger partial charge on any atom is 0.233 e. The summed E-state index contributed by atoms with van der Waals surface area (Å²) >= 11 is 0. The second-order valence-electron chi connectivity index (χ2n) is 5.75. The Morgan fingerprint density at radius 1 is 1.26 bits per heavy atom. The van der Waals surface area contributed by atoms with E-state index in [-0.39, 0.29) is 23.7 Å². The van der Waals surface area contributed by atoms with Crippen molar-refractivity contribution in [2.24, 2.45) is 17.8 Å². The van der Waals surface area contributed by atoms with Gasteiger partial charge in [0.15, 0.2) is 0 Å². The fraction of sp³-hybridized carbons (Fsp3) is 0.733. The van der Waals surface area contributed by atoms with E-state index in [0.29, 0.717) is 19.0 Å². The van der Waals surface area contributed by atoms with Crippen LogP contribution >= 0.6 is 0 Å². The van der Waals surface area contributed by atoms with Crippen LogP contribution in [0.15, 0.2) is 12.2 Å². The van der Waals surface area contributed by atoms with Crippen LogP contribution < -0.4 is 5.32 Å². The second-order valence-corrected chi connectivity index (χ2v) is 5.75. The van der Waals surface area contributed by atoms with Gasteiger partial charge >= 0.3 is 0 Å². The Labute approximate surface area is 115 Å². The Kier molecular flexibility index (Phi) is 4.40. The molecule has 0 radical (unpaired) electrons. The second kappa shape index (κ2) is 5.87. The maximum absolute atomic E-state index is 12.3. The molecule has 2 unspecified atom stereocenters. The van der Waals surface area contributed by atoms with E-state index < -0.39 is 0 Å². The molecule has 0 aromatic heterocycles. The molecule has 1 saturated heterocycles. The molecule has 0 aromatic rings. The first-order chi connectivity index (χ1) is 9.08. The lowest BCUT2D eigenvalue weighted by molar-refractivity contribution is -0.140. The molecule has 4 heteroatoms. The SMILES string of the molecule is C=C(CNCC)CN1C(=O)C2CC(CC)CC2C1=O. The van der Waals surface area contributed by atoms with Gasteiger partial charge < -0.3 is 5.32 Å². The molecule has 106 valence electrons. The van der Waals surface area contributed by atoms with E-state index in [4.69, 9.17) is 0 Å². The number of imide groups is 1. The van der Waals surface area contributed by atoms with Crippen LogP contribution in [-0.2, 0) is 9.59 Å². The lowest BCUT2D eigenvalue weighted by Gasteiger charge is -2.18. The number of carbonyl (C=O) groups is 2. The molecule has 1 aliphatic heterocycles. The first-order valence-corrected chi connectivity index (χ1v) is 7.31. The van der Waals surface area contributed by atoms with Gasteiger partial charge in [0.05, 0.1) is 18.4 Å². The maximum atomic E-state index is 12.3. The number of nitrogens with zero attached hydrogens (tertiary/aromatic N) is 1. The van der Waals surface area contributed by atoms with Crippen molar-refractivity contribution in [2.75, 3.05) is 19.6 Å². The molecule has 1 saturated carbocycles. The van der Waals surface area contributed by atoms with Gasteiger partial charge in [-0.2, -0.15) is 0 Å². The van der Waals surface area contributed by atoms with Gasteiger partial charge in [-0.25, -0.2) is 0 Å². The molecule has 2 rings (SSSR count). The zero-order valence-corrected chi connectivity index (χ0v) is 11.9. The van der Waals surface area contributed by atoms with Crippen molar-refractivity contribution in [3.05, 3.63) is 12.2 Å². The van der Waals surface area contributed by atoms with Gasteiger partial charge in [0.25, 0.3) is 0 Å². The van der Waals surface area contributed by atoms with Crippen molar-refractivity contribution < 1.29 is 9.59 Å². The molecular formula is C15H24N2O2. The number of likely N-dealkylation sites (tertiary alicyclic amines) is 1. The highest BCUT2D eigenvalue weighted by atomic mass is 16.2. The van der Waals surface area contributed by atoms with Crippen LogP contribution in [0.25, 0.3) is 0 Å². The third kappa shape index (κ3) is 2.73. The molecule has 1 N–H and O–H groups in total. The fourth-order valence-electron chi connectivity index (χ4n) is 3.27. The fourth-order valence-corrected chi connectivity index (χ4v) is 3.27. The number of hydrogen-bond donors (Lipinski definition) is 1. The number of hydrogen-bond acceptors (Lipinski definition) is 3. The van der Waals surface area contributed by atoms with E-state index in [1.54, 1.807) is 0 Å². The lowest BCUT2D eigenvalue weighted by atomic mass is 10.00. The minimum absolute atomic E-state index is 0.0311. The summed E-state index contributed by atoms with van der Waals surface area (Å²) in [4.78, 5) is 26.1. The number of carbonyl (C=O) groups excluding carboxylic acids is 2. The molecule has 2 atom stereocenters. The Hall–Kier alpha value is -1.16. The molecular weight excluding hydrogens is 240 g/mol. The van der Waals surface area contributed by atoms with Crippen LogP contribution in [0, 0.1) is 17.8 Å². The van der Waals surface area contributed by atoms with Crippen molar-refractivity contribution in [3.63, 3.8) is 0 Å². The van der Waals surface area contributed by atoms with Gasteiger partial charge in [0.1, 0.15) is 0 Å². The van der Waals surface area contributed by atoms with E-state index in [1.807, 2.05) is 6.92 Å². The molecule has 0 spiro atoms. The van der Waals surface area contributed by atoms with E-state index in [1.165, 1.54) is 4.90 Å². The van der Waals surface area contributed by atoms with Gasteiger partial charge in [0.2, 0.25) is 11.8 Å². The average molecular weight is 264 g/mol. The van der Waals surface area contributed by atoms with Crippen molar-refractivity contribution in [2.45, 2.75) is 33.1 Å². The van der Waals surface area contributed by atoms with E-state index >= 15 is 0 Å². The summed E-state index contributed by atoms with van der Waals surface area (Å²) < 4.78 is 0. The molecule has 2 amide bonds. The Morgan fingerprint density at radius 2 is 1.84 bits per heavy atom. The van der Waals surface area contributed by atoms with Crippen LogP contribution in [0.5, 0.6) is 0 Å². The first-order valence-electron chi connectivity index (χ1n) is 7.31. The number of nitrogens with one attached hydrogen (secondary N) is 1. The molecule has 1 aliphatic carbocycles. The molecule has 0 bridgehead atoms. The van der Waals surface area contributed by atoms with Crippen molar-refractivity contribution in [1.29, 1.82) is 0 Å². The highest BCUT2D eigenvalue weighted by Gasteiger charge is 2.51. The largest absolute Gasteiger partial charge is 0.313 e. The Bertz CT molecular complexity index is 368. The van der Waals surface area contributed by atoms with Gasteiger partial charge in [-0.3, -0.25) is 14.5 Å². The summed E-state index contributed by atoms with van der Waals surface area (Å²) in [5.74, 6) is 0.510. The van der Waals surface area contributed by atoms with Crippen LogP contribution in [0.4, 0.5) is 0 Å². The smallest absolute Gasteiger partial charge is 0.233 e. The number of likely N-dealkylation sites (N-methyl/N-ethyl adjacent to an activating group) is 1. The van der Waals surface area contributed by atoms with E-state index in [0.717, 1.165) is 31.4 Å². The van der Waals surface area contributed by atoms with Crippen molar-refractivity contribution >= 4 is 11.8 Å². The van der Waals surface area contributed by atoms with Crippen LogP contribution in [0.2, 0.25) is 0 Å². The van der Waals surface area contributed by atoms with Gasteiger partial charge in [-0.15, -0.1) is 0 Å². The van der Waals surface area contributed by atoms with E-state index in [2.05, 4.69) is 18.8 Å². The minimum atomic E-state index is -0.0515. The highest BCUT2D eigenvalue weighted by molar-refractivity contribution is 6.05. The first kappa shape index (κ1) is 14.3. The summed E-state index contributed by atoms with van der Waals surface area (Å²) in [7, 11) is 0. The monoisotopic (exact) mass is 264 g/mol. The predicted molar refractivity (Wildman–Crippen MR) is 74.4 cm³/mol. The molecule has 2 aliphatic rings. The number of amides is 2. The third-order valence-corrected chi connectivity index (χ3v) is 4.41. The topological polar surface area (TPSA) is 49.4 Å². The highest BCUT2D eigenvalue weighted by Crippen LogP contribution is 2.44. The summed E-state index contributed by atoms with van der Waals surface area (Å²) in [5.41, 5.74) is 0.899. The normalized spacial score (nSPS) is 30.0. The quantitative estimate of drug-likeness (QED) is 0.585. The third-order valence-electron chi connectivity index (χ3n) is 4.41. The van der Waals surface area contributed by atoms with Crippen LogP contribution in [-0.4, -0.2) is 36.3 Å². The summed E-state index contributed by atoms with van der Waals surface area (Å²) in [6.45, 7) is 10.0. The predicted octanol–water partition coefficient (Wildman–Crippen LogP) is 1.57. The Morgan fingerprint density at radius 3 is 2.32 bits per heavy atom. The standard InChI is InChI=1S/C15H24N2O2/c1-4-11-6-12-13(7-11)15(19)17(14(12)18)9-10(3)8-16-5-2/h11-13,16H,3-9H2,1-2H3. The molecule has 4 nitrogen and oxygen atoms in total. The zero-order valence-electron chi connectivity index (χ0n) is 11.9. The molecule has 19 heavy (non-hydrogen) atoms. The molecule has 0 aromatic carbocycles. The Balaban J connectivity index is 1.96. The van der Waals surface area contributed by atoms with Crippen LogP contribution in [0.3, 0.4) is 0 Å². The van der Waals surface area contributed by atoms with Gasteiger partial charge in [0, 0.05) is 6.54 Å². The van der Waals surface area contributed by atoms with Crippen molar-refractivity contribution in [1.82, 2.24) is 10.2 Å². The lowest BCUT2D eigenvalue weighted by Crippen LogP contribution is -2.35. The molecule has 2 fully saturated rings. The average Bonchev–Trinajstić information content (AvgIpc) is 2.92. The van der Waals surface area contributed by atoms with Crippen LogP contribution in [0.1, 0.15) is 33.1 Å². The number of fused-ring (bicyclic) bond motifs is 1.